The molecule has 4 heavy (non-hydrogen) atoms. The molecule has 32 valence electrons. The monoisotopic (exact) mass is 228 g/mol. The van der Waals surface area contributed by atoms with Crippen LogP contribution in [0.3, 0.4) is 0 Å². The van der Waals surface area contributed by atoms with E-state index in [2.05, 4.69) is 0 Å². The third-order valence-electron chi connectivity index (χ3n) is 0. The summed E-state index contributed by atoms with van der Waals surface area (Å²) in [4.78, 5) is 0. The maximum atomic E-state index is 0. The second-order valence-electron chi connectivity index (χ2n) is 0. The summed E-state index contributed by atoms with van der Waals surface area (Å²) in [5, 5.41) is 0. The fraction of sp³-hybridized carbons (Fsp3) is 0. The Morgan fingerprint density at radius 3 is 0.750 bits per heavy atom. The van der Waals surface area contributed by atoms with E-state index in [1.54, 1.807) is 0 Å². The molecule has 0 N–H and O–H groups in total. The Labute approximate surface area is 62.1 Å². The zero-order valence-corrected chi connectivity index (χ0v) is 6.17. The second-order valence-corrected chi connectivity index (χ2v) is 0. The van der Waals surface area contributed by atoms with Crippen LogP contribution in [0.25, 0.3) is 0 Å². The summed E-state index contributed by atoms with van der Waals surface area (Å²) in [7, 11) is 0. The molecule has 0 aromatic rings. The van der Waals surface area contributed by atoms with Gasteiger partial charge in [0.15, 0.2) is 0 Å². The summed E-state index contributed by atoms with van der Waals surface area (Å²) >= 11 is 0. The quantitative estimate of drug-likeness (QED) is 0.538. The maximum absolute atomic E-state index is 0. The van der Waals surface area contributed by atoms with E-state index in [1.165, 1.54) is 0 Å². The van der Waals surface area contributed by atoms with Gasteiger partial charge in [-0.3, -0.25) is 0 Å². The van der Waals surface area contributed by atoms with Gasteiger partial charge in [-0.2, -0.15) is 0 Å². The first-order chi connectivity index (χ1) is 0. The number of hydrogen-bond acceptors (Lipinski definition) is 0. The van der Waals surface area contributed by atoms with Crippen molar-refractivity contribution in [3.63, 3.8) is 0 Å². The van der Waals surface area contributed by atoms with E-state index in [4.69, 9.17) is 0 Å². The van der Waals surface area contributed by atoms with Gasteiger partial charge in [-0.15, -0.1) is 24.8 Å². The summed E-state index contributed by atoms with van der Waals surface area (Å²) in [6, 6.07) is 0. The summed E-state index contributed by atoms with van der Waals surface area (Å²) in [5.41, 5.74) is 0. The van der Waals surface area contributed by atoms with Crippen LogP contribution in [0, 0.1) is 0 Å². The molecule has 0 atom stereocenters. The molecule has 0 unspecified atom stereocenters. The van der Waals surface area contributed by atoms with E-state index in [1.807, 2.05) is 0 Å². The zero-order valence-electron chi connectivity index (χ0n) is 1.54. The fourth-order valence-electron chi connectivity index (χ4n) is 0. The van der Waals surface area contributed by atoms with Crippen LogP contribution in [0.5, 0.6) is 0 Å². The van der Waals surface area contributed by atoms with Crippen LogP contribution in [0.4, 0.5) is 0 Å². The molecule has 0 rings (SSSR count). The Morgan fingerprint density at radius 2 is 0.750 bits per heavy atom. The van der Waals surface area contributed by atoms with E-state index < -0.39 is 0 Å². The van der Waals surface area contributed by atoms with Crippen molar-refractivity contribution in [1.82, 2.24) is 0 Å². The molecule has 0 aliphatic heterocycles. The summed E-state index contributed by atoms with van der Waals surface area (Å²) in [5.74, 6) is 0. The number of halogens is 2. The van der Waals surface area contributed by atoms with Gasteiger partial charge in [0.1, 0.15) is 0 Å². The number of rotatable bonds is 0. The zero-order chi connectivity index (χ0) is 0. The van der Waals surface area contributed by atoms with E-state index in [0.29, 0.717) is 0 Å². The van der Waals surface area contributed by atoms with Crippen molar-refractivity contribution in [2.45, 2.75) is 0 Å². The Kier molecular flexibility index (Phi) is 228. The summed E-state index contributed by atoms with van der Waals surface area (Å²) < 4.78 is 0. The molecule has 0 amide bonds. The first kappa shape index (κ1) is 42.1. The number of hydrogen-bond donors (Lipinski definition) is 0. The van der Waals surface area contributed by atoms with E-state index >= 15 is 0 Å². The topological polar surface area (TPSA) is 0 Å². The van der Waals surface area contributed by atoms with E-state index in [9.17, 15) is 0 Å². The van der Waals surface area contributed by atoms with Gasteiger partial charge < -0.3 is 0 Å². The molecule has 0 spiro atoms. The van der Waals surface area contributed by atoms with Crippen molar-refractivity contribution in [1.29, 1.82) is 0 Å². The van der Waals surface area contributed by atoms with Crippen molar-refractivity contribution in [2.75, 3.05) is 0 Å². The van der Waals surface area contributed by atoms with Gasteiger partial charge in [0, 0.05) is 37.6 Å². The van der Waals surface area contributed by atoms with Crippen molar-refractivity contribution in [3.05, 3.63) is 0 Å². The van der Waals surface area contributed by atoms with Crippen LogP contribution in [0.2, 0.25) is 0 Å². The predicted molar refractivity (Wildman–Crippen MR) is 14.5 cm³/mol. The predicted octanol–water partition coefficient (Wildman–Crippen LogP) is 0.839. The smallest absolute Gasteiger partial charge is 0 e. The molecule has 0 fully saturated rings. The van der Waals surface area contributed by atoms with Crippen molar-refractivity contribution >= 4 is 24.8 Å². The molecule has 0 nitrogen and oxygen atoms in total. The molecule has 0 aromatic carbocycles. The van der Waals surface area contributed by atoms with Gasteiger partial charge in [0.05, 0.1) is 0 Å². The Balaban J connectivity index is 0. The average molecular weight is 228 g/mol. The standard InChI is InChI=1S/2ClH.Mo.Ni/h2*1H;;. The van der Waals surface area contributed by atoms with Gasteiger partial charge in [-0.25, -0.2) is 0 Å². The van der Waals surface area contributed by atoms with Gasteiger partial charge in [0.25, 0.3) is 0 Å². The minimum absolute atomic E-state index is 0. The molecule has 0 bridgehead atoms. The first-order valence-electron chi connectivity index (χ1n) is 0. The van der Waals surface area contributed by atoms with Crippen LogP contribution in [-0.4, -0.2) is 0 Å². The van der Waals surface area contributed by atoms with Gasteiger partial charge >= 0.3 is 0 Å². The third kappa shape index (κ3) is 9.24. The SMILES string of the molecule is Cl.Cl.[Mo].[Ni]. The van der Waals surface area contributed by atoms with Gasteiger partial charge in [0.2, 0.25) is 0 Å². The molecular formula is H2Cl2MoNi. The van der Waals surface area contributed by atoms with Crippen molar-refractivity contribution in [3.8, 4) is 0 Å². The van der Waals surface area contributed by atoms with Crippen molar-refractivity contribution < 1.29 is 37.6 Å². The molecule has 0 radical (unpaired) electrons. The minimum Gasteiger partial charge on any atom is -0.147 e. The molecular weight excluding hydrogens is 226 g/mol. The molecule has 0 aliphatic rings. The van der Waals surface area contributed by atoms with Crippen molar-refractivity contribution in [2.24, 2.45) is 0 Å². The van der Waals surface area contributed by atoms with Gasteiger partial charge in [-0.1, -0.05) is 0 Å². The Morgan fingerprint density at radius 1 is 0.750 bits per heavy atom. The molecule has 0 aromatic heterocycles. The first-order valence-corrected chi connectivity index (χ1v) is 0. The van der Waals surface area contributed by atoms with Crippen LogP contribution in [-0.2, 0) is 37.6 Å². The van der Waals surface area contributed by atoms with E-state index in [-0.39, 0.29) is 62.4 Å². The maximum Gasteiger partial charge on any atom is 0 e. The second kappa shape index (κ2) is 21.7. The molecule has 0 saturated heterocycles. The molecule has 4 heteroatoms. The average Bonchev–Trinajstić information content (AvgIpc) is 0. The third-order valence-corrected chi connectivity index (χ3v) is 0. The largest absolute Gasteiger partial charge is 0.147 e. The van der Waals surface area contributed by atoms with Gasteiger partial charge in [-0.05, 0) is 0 Å². The summed E-state index contributed by atoms with van der Waals surface area (Å²) in [6.07, 6.45) is 0. The summed E-state index contributed by atoms with van der Waals surface area (Å²) in [6.45, 7) is 0. The molecule has 0 aliphatic carbocycles. The van der Waals surface area contributed by atoms with E-state index in [0.717, 1.165) is 0 Å². The van der Waals surface area contributed by atoms with Crippen LogP contribution in [0.1, 0.15) is 0 Å². The van der Waals surface area contributed by atoms with Crippen LogP contribution in [0.15, 0.2) is 0 Å². The normalized spacial score (nSPS) is 0. The Hall–Kier alpha value is 1.76. The molecule has 0 saturated carbocycles. The molecule has 0 heterocycles. The fourth-order valence-corrected chi connectivity index (χ4v) is 0. The Bertz CT molecular complexity index is 6.00. The minimum atomic E-state index is 0. The van der Waals surface area contributed by atoms with Crippen LogP contribution >= 0.6 is 24.8 Å². The van der Waals surface area contributed by atoms with Crippen LogP contribution < -0.4 is 0 Å².